The molecule has 0 atom stereocenters. The van der Waals surface area contributed by atoms with Gasteiger partial charge in [-0.05, 0) is 92.6 Å². The van der Waals surface area contributed by atoms with E-state index in [0.29, 0.717) is 31.1 Å². The second-order valence-corrected chi connectivity index (χ2v) is 10.5. The van der Waals surface area contributed by atoms with Gasteiger partial charge in [-0.15, -0.1) is 0 Å². The predicted molar refractivity (Wildman–Crippen MR) is 164 cm³/mol. The van der Waals surface area contributed by atoms with Gasteiger partial charge in [0.05, 0.1) is 38.3 Å². The number of hydrogen-bond donors (Lipinski definition) is 1. The lowest BCUT2D eigenvalue weighted by Crippen LogP contribution is -2.26. The van der Waals surface area contributed by atoms with E-state index in [1.54, 1.807) is 14.2 Å². The lowest BCUT2D eigenvalue weighted by atomic mass is 10.1. The zero-order chi connectivity index (χ0) is 29.0. The molecule has 0 unspecified atom stereocenters. The highest BCUT2D eigenvalue weighted by Gasteiger charge is 2.11. The van der Waals surface area contributed by atoms with Crippen molar-refractivity contribution in [3.8, 4) is 17.2 Å². The fourth-order valence-electron chi connectivity index (χ4n) is 4.98. The molecule has 41 heavy (non-hydrogen) atoms. The van der Waals surface area contributed by atoms with Gasteiger partial charge in [-0.1, -0.05) is 30.7 Å². The summed E-state index contributed by atoms with van der Waals surface area (Å²) in [6, 6.07) is 20.2. The number of aryl methyl sites for hydroxylation is 4. The first-order valence-electron chi connectivity index (χ1n) is 14.6. The normalized spacial score (nSPS) is 11.0. The van der Waals surface area contributed by atoms with Crippen LogP contribution < -0.4 is 19.5 Å². The molecule has 1 aromatic heterocycles. The van der Waals surface area contributed by atoms with Crippen LogP contribution in [0.3, 0.4) is 0 Å². The first-order chi connectivity index (χ1) is 20.0. The number of para-hydroxylation sites is 2. The van der Waals surface area contributed by atoms with Gasteiger partial charge in [0.1, 0.15) is 11.6 Å². The molecular formula is C34H43N3O4. The summed E-state index contributed by atoms with van der Waals surface area (Å²) in [7, 11) is 3.20. The zero-order valence-corrected chi connectivity index (χ0v) is 24.9. The number of unbranched alkanes of at least 4 members (excludes halogenated alkanes) is 3. The number of amides is 1. The number of hydrogen-bond acceptors (Lipinski definition) is 5. The van der Waals surface area contributed by atoms with E-state index < -0.39 is 0 Å². The van der Waals surface area contributed by atoms with Gasteiger partial charge in [-0.25, -0.2) is 4.98 Å². The molecule has 1 amide bonds. The molecule has 0 radical (unpaired) electrons. The Morgan fingerprint density at radius 3 is 2.49 bits per heavy atom. The molecule has 1 N–H and O–H groups in total. The van der Waals surface area contributed by atoms with Crippen molar-refractivity contribution in [2.24, 2.45) is 0 Å². The van der Waals surface area contributed by atoms with Crippen molar-refractivity contribution in [1.29, 1.82) is 0 Å². The molecule has 1 heterocycles. The summed E-state index contributed by atoms with van der Waals surface area (Å²) >= 11 is 0. The van der Waals surface area contributed by atoms with Crippen molar-refractivity contribution in [3.05, 3.63) is 83.2 Å². The third-order valence-corrected chi connectivity index (χ3v) is 7.47. The predicted octanol–water partition coefficient (Wildman–Crippen LogP) is 6.60. The summed E-state index contributed by atoms with van der Waals surface area (Å²) in [5, 5.41) is 3.04. The van der Waals surface area contributed by atoms with Crippen molar-refractivity contribution in [2.45, 2.75) is 65.3 Å². The van der Waals surface area contributed by atoms with Gasteiger partial charge in [0.15, 0.2) is 11.5 Å². The quantitative estimate of drug-likeness (QED) is 0.157. The minimum absolute atomic E-state index is 0.0144. The van der Waals surface area contributed by atoms with Gasteiger partial charge in [0.25, 0.3) is 0 Å². The molecule has 0 aliphatic heterocycles. The highest BCUT2D eigenvalue weighted by molar-refractivity contribution is 5.78. The van der Waals surface area contributed by atoms with Crippen LogP contribution in [0.2, 0.25) is 0 Å². The van der Waals surface area contributed by atoms with Crippen molar-refractivity contribution in [3.63, 3.8) is 0 Å². The Labute approximate surface area is 243 Å². The number of nitrogens with one attached hydrogen (secondary N) is 1. The van der Waals surface area contributed by atoms with Crippen LogP contribution in [0, 0.1) is 13.8 Å². The van der Waals surface area contributed by atoms with Crippen molar-refractivity contribution in [2.75, 3.05) is 27.4 Å². The molecule has 7 heteroatoms. The van der Waals surface area contributed by atoms with Crippen molar-refractivity contribution >= 4 is 16.9 Å². The molecule has 0 aliphatic rings. The average molecular weight is 558 g/mol. The lowest BCUT2D eigenvalue weighted by Gasteiger charge is -2.11. The van der Waals surface area contributed by atoms with E-state index in [1.165, 1.54) is 16.6 Å². The summed E-state index contributed by atoms with van der Waals surface area (Å²) in [5.74, 6) is 3.39. The van der Waals surface area contributed by atoms with Crippen molar-refractivity contribution in [1.82, 2.24) is 14.9 Å². The summed E-state index contributed by atoms with van der Waals surface area (Å²) in [4.78, 5) is 17.4. The van der Waals surface area contributed by atoms with Gasteiger partial charge < -0.3 is 24.1 Å². The number of rotatable bonds is 16. The SMILES string of the molecule is COc1ccc(CC(=O)NCCCCCc2nc3ccccc3n2CCCCOc2ccc(C)c(C)c2)cc1OC. The number of ether oxygens (including phenoxy) is 3. The first-order valence-corrected chi connectivity index (χ1v) is 14.6. The summed E-state index contributed by atoms with van der Waals surface area (Å²) in [6.45, 7) is 6.54. The van der Waals surface area contributed by atoms with Gasteiger partial charge in [-0.2, -0.15) is 0 Å². The van der Waals surface area contributed by atoms with Crippen LogP contribution in [0.4, 0.5) is 0 Å². The van der Waals surface area contributed by atoms with Crippen molar-refractivity contribution < 1.29 is 19.0 Å². The standard InChI is InChI=1S/C34H43N3O4/c1-25-15-17-28(22-26(25)2)41-21-11-10-20-37-30-13-8-7-12-29(30)36-33(37)14-6-5-9-19-35-34(38)24-27-16-18-31(39-3)32(23-27)40-4/h7-8,12-13,15-18,22-23H,5-6,9-11,14,19-21,24H2,1-4H3,(H,35,38). The maximum atomic E-state index is 12.4. The Bertz CT molecular complexity index is 1430. The van der Waals surface area contributed by atoms with Crippen LogP contribution in [0.25, 0.3) is 11.0 Å². The Balaban J connectivity index is 1.19. The van der Waals surface area contributed by atoms with Crippen LogP contribution in [-0.4, -0.2) is 42.8 Å². The summed E-state index contributed by atoms with van der Waals surface area (Å²) in [6.07, 6.45) is 6.27. The van der Waals surface area contributed by atoms with E-state index in [1.807, 2.05) is 30.3 Å². The molecule has 0 bridgehead atoms. The lowest BCUT2D eigenvalue weighted by molar-refractivity contribution is -0.120. The van der Waals surface area contributed by atoms with Gasteiger partial charge in [0, 0.05) is 19.5 Å². The number of aromatic nitrogens is 2. The van der Waals surface area contributed by atoms with Crippen LogP contribution in [0.15, 0.2) is 60.7 Å². The Morgan fingerprint density at radius 1 is 0.854 bits per heavy atom. The molecule has 0 saturated heterocycles. The topological polar surface area (TPSA) is 74.6 Å². The van der Waals surface area contributed by atoms with E-state index >= 15 is 0 Å². The Kier molecular flexibility index (Phi) is 11.1. The molecule has 7 nitrogen and oxygen atoms in total. The fraction of sp³-hybridized carbons (Fsp3) is 0.412. The molecule has 218 valence electrons. The maximum Gasteiger partial charge on any atom is 0.224 e. The van der Waals surface area contributed by atoms with E-state index in [0.717, 1.165) is 67.7 Å². The van der Waals surface area contributed by atoms with Gasteiger partial charge in [0.2, 0.25) is 5.91 Å². The molecule has 0 aliphatic carbocycles. The first kappa shape index (κ1) is 30.0. The monoisotopic (exact) mass is 557 g/mol. The average Bonchev–Trinajstić information content (AvgIpc) is 3.33. The number of imidazole rings is 1. The molecular weight excluding hydrogens is 514 g/mol. The van der Waals surface area contributed by atoms with Crippen LogP contribution in [0.1, 0.15) is 54.6 Å². The number of carbonyl (C=O) groups excluding carboxylic acids is 1. The van der Waals surface area contributed by atoms with Crippen LogP contribution >= 0.6 is 0 Å². The highest BCUT2D eigenvalue weighted by atomic mass is 16.5. The fourth-order valence-corrected chi connectivity index (χ4v) is 4.98. The second-order valence-electron chi connectivity index (χ2n) is 10.5. The largest absolute Gasteiger partial charge is 0.494 e. The number of benzene rings is 3. The maximum absolute atomic E-state index is 12.4. The summed E-state index contributed by atoms with van der Waals surface area (Å²) in [5.41, 5.74) is 5.69. The van der Waals surface area contributed by atoms with Gasteiger partial charge >= 0.3 is 0 Å². The number of methoxy groups -OCH3 is 2. The third kappa shape index (κ3) is 8.49. The third-order valence-electron chi connectivity index (χ3n) is 7.47. The summed E-state index contributed by atoms with van der Waals surface area (Å²) < 4.78 is 19.0. The molecule has 4 rings (SSSR count). The number of nitrogens with zero attached hydrogens (tertiary/aromatic N) is 2. The highest BCUT2D eigenvalue weighted by Crippen LogP contribution is 2.27. The second kappa shape index (κ2) is 15.1. The Morgan fingerprint density at radius 2 is 1.68 bits per heavy atom. The molecule has 0 spiro atoms. The molecule has 3 aromatic carbocycles. The van der Waals surface area contributed by atoms with E-state index in [-0.39, 0.29) is 5.91 Å². The van der Waals surface area contributed by atoms with Crippen LogP contribution in [-0.2, 0) is 24.2 Å². The van der Waals surface area contributed by atoms with E-state index in [9.17, 15) is 4.79 Å². The molecule has 0 saturated carbocycles. The molecule has 4 aromatic rings. The van der Waals surface area contributed by atoms with E-state index in [4.69, 9.17) is 19.2 Å². The number of fused-ring (bicyclic) bond motifs is 1. The zero-order valence-electron chi connectivity index (χ0n) is 24.9. The van der Waals surface area contributed by atoms with Gasteiger partial charge in [-0.3, -0.25) is 4.79 Å². The minimum Gasteiger partial charge on any atom is -0.494 e. The number of carbonyl (C=O) groups is 1. The minimum atomic E-state index is 0.0144. The van der Waals surface area contributed by atoms with E-state index in [2.05, 4.69) is 54.1 Å². The van der Waals surface area contributed by atoms with Crippen LogP contribution in [0.5, 0.6) is 17.2 Å². The Hall–Kier alpha value is -4.00. The smallest absolute Gasteiger partial charge is 0.224 e. The molecule has 0 fully saturated rings.